The third kappa shape index (κ3) is 2.41. The molecule has 14 heavy (non-hydrogen) atoms. The van der Waals surface area contributed by atoms with E-state index in [0.29, 0.717) is 3.57 Å². The van der Waals surface area contributed by atoms with Crippen molar-refractivity contribution in [2.75, 3.05) is 7.11 Å². The molecule has 1 rings (SSSR count). The number of aromatic nitrogens is 1. The van der Waals surface area contributed by atoms with Crippen LogP contribution in [-0.2, 0) is 4.74 Å². The Morgan fingerprint density at radius 3 is 2.50 bits per heavy atom. The maximum Gasteiger partial charge on any atom is 0.356 e. The fourth-order valence-corrected chi connectivity index (χ4v) is 1.41. The van der Waals surface area contributed by atoms with Crippen LogP contribution in [0.25, 0.3) is 0 Å². The number of pyridine rings is 1. The molecule has 0 aliphatic rings. The highest BCUT2D eigenvalue weighted by Gasteiger charge is 2.13. The zero-order chi connectivity index (χ0) is 10.7. The van der Waals surface area contributed by atoms with Crippen molar-refractivity contribution in [1.29, 1.82) is 0 Å². The molecule has 1 aromatic rings. The summed E-state index contributed by atoms with van der Waals surface area (Å²) in [6.45, 7) is 0. The molecule has 0 aliphatic carbocycles. The maximum atomic E-state index is 11.1. The van der Waals surface area contributed by atoms with Crippen molar-refractivity contribution in [3.05, 3.63) is 27.1 Å². The first-order valence-electron chi connectivity index (χ1n) is 3.54. The van der Waals surface area contributed by atoms with Gasteiger partial charge in [-0.1, -0.05) is 0 Å². The minimum Gasteiger partial charge on any atom is -0.477 e. The molecule has 1 aromatic heterocycles. The first-order valence-corrected chi connectivity index (χ1v) is 4.61. The second-order valence-corrected chi connectivity index (χ2v) is 3.60. The van der Waals surface area contributed by atoms with Gasteiger partial charge >= 0.3 is 11.9 Å². The van der Waals surface area contributed by atoms with Gasteiger partial charge in [0.15, 0.2) is 0 Å². The number of esters is 1. The lowest BCUT2D eigenvalue weighted by Crippen LogP contribution is -2.09. The van der Waals surface area contributed by atoms with Crippen molar-refractivity contribution in [2.45, 2.75) is 0 Å². The molecular formula is C8H6INO4. The largest absolute Gasteiger partial charge is 0.477 e. The smallest absolute Gasteiger partial charge is 0.356 e. The molecule has 0 amide bonds. The van der Waals surface area contributed by atoms with Gasteiger partial charge in [0.2, 0.25) is 0 Å². The predicted octanol–water partition coefficient (Wildman–Crippen LogP) is 1.17. The number of hydrogen-bond donors (Lipinski definition) is 1. The SMILES string of the molecule is COC(=O)c1cc(I)cc(C(=O)O)n1. The number of aromatic carboxylic acids is 1. The second-order valence-electron chi connectivity index (χ2n) is 2.35. The van der Waals surface area contributed by atoms with Crippen molar-refractivity contribution in [2.24, 2.45) is 0 Å². The highest BCUT2D eigenvalue weighted by atomic mass is 127. The number of carboxylic acid groups (broad SMARTS) is 1. The van der Waals surface area contributed by atoms with Gasteiger partial charge in [0, 0.05) is 3.57 Å². The summed E-state index contributed by atoms with van der Waals surface area (Å²) in [6.07, 6.45) is 0. The zero-order valence-corrected chi connectivity index (χ0v) is 9.31. The van der Waals surface area contributed by atoms with Gasteiger partial charge in [0.1, 0.15) is 11.4 Å². The summed E-state index contributed by atoms with van der Waals surface area (Å²) in [5.74, 6) is -1.82. The minimum absolute atomic E-state index is 0.00296. The molecule has 0 bridgehead atoms. The lowest BCUT2D eigenvalue weighted by molar-refractivity contribution is 0.0593. The Kier molecular flexibility index (Phi) is 3.39. The van der Waals surface area contributed by atoms with E-state index in [1.54, 1.807) is 0 Å². The lowest BCUT2D eigenvalue weighted by atomic mass is 10.3. The summed E-state index contributed by atoms with van der Waals surface area (Å²) >= 11 is 1.90. The summed E-state index contributed by atoms with van der Waals surface area (Å²) in [7, 11) is 1.21. The number of carbonyl (C=O) groups is 2. The fraction of sp³-hybridized carbons (Fsp3) is 0.125. The van der Waals surface area contributed by atoms with Gasteiger partial charge in [-0.3, -0.25) is 0 Å². The van der Waals surface area contributed by atoms with Gasteiger partial charge < -0.3 is 9.84 Å². The lowest BCUT2D eigenvalue weighted by Gasteiger charge is -2.00. The summed E-state index contributed by atoms with van der Waals surface area (Å²) in [5.41, 5.74) is -0.172. The number of methoxy groups -OCH3 is 1. The van der Waals surface area contributed by atoms with Crippen LogP contribution in [0.5, 0.6) is 0 Å². The zero-order valence-electron chi connectivity index (χ0n) is 7.15. The number of rotatable bonds is 2. The van der Waals surface area contributed by atoms with E-state index in [4.69, 9.17) is 5.11 Å². The maximum absolute atomic E-state index is 11.1. The Bertz CT molecular complexity index is 391. The molecule has 0 unspecified atom stereocenters. The first kappa shape index (κ1) is 10.9. The molecule has 0 spiro atoms. The number of ether oxygens (including phenoxy) is 1. The molecule has 0 atom stereocenters. The average Bonchev–Trinajstić information content (AvgIpc) is 2.15. The molecule has 0 saturated carbocycles. The fourth-order valence-electron chi connectivity index (χ4n) is 0.816. The quantitative estimate of drug-likeness (QED) is 0.655. The van der Waals surface area contributed by atoms with E-state index in [1.165, 1.54) is 19.2 Å². The molecule has 6 heteroatoms. The summed E-state index contributed by atoms with van der Waals surface area (Å²) < 4.78 is 5.05. The molecule has 0 aromatic carbocycles. The Labute approximate surface area is 93.2 Å². The summed E-state index contributed by atoms with van der Waals surface area (Å²) in [5, 5.41) is 8.67. The van der Waals surface area contributed by atoms with E-state index in [0.717, 1.165) is 0 Å². The molecular weight excluding hydrogens is 301 g/mol. The Morgan fingerprint density at radius 2 is 2.00 bits per heavy atom. The van der Waals surface area contributed by atoms with Gasteiger partial charge in [0.05, 0.1) is 7.11 Å². The van der Waals surface area contributed by atoms with Gasteiger partial charge in [-0.15, -0.1) is 0 Å². The standard InChI is InChI=1S/C8H6INO4/c1-14-8(13)6-3-4(9)2-5(10-6)7(11)12/h2-3H,1H3,(H,11,12). The monoisotopic (exact) mass is 307 g/mol. The van der Waals surface area contributed by atoms with E-state index in [2.05, 4.69) is 9.72 Å². The summed E-state index contributed by atoms with van der Waals surface area (Å²) in [6, 6.07) is 2.83. The van der Waals surface area contributed by atoms with E-state index in [9.17, 15) is 9.59 Å². The molecule has 1 N–H and O–H groups in total. The molecule has 1 heterocycles. The van der Waals surface area contributed by atoms with Crippen molar-refractivity contribution in [3.63, 3.8) is 0 Å². The van der Waals surface area contributed by atoms with E-state index >= 15 is 0 Å². The van der Waals surface area contributed by atoms with Crippen molar-refractivity contribution in [3.8, 4) is 0 Å². The predicted molar refractivity (Wildman–Crippen MR) is 55.3 cm³/mol. The number of halogens is 1. The van der Waals surface area contributed by atoms with Crippen molar-refractivity contribution < 1.29 is 19.4 Å². The molecule has 74 valence electrons. The van der Waals surface area contributed by atoms with Crippen LogP contribution in [0.4, 0.5) is 0 Å². The molecule has 0 radical (unpaired) electrons. The van der Waals surface area contributed by atoms with Crippen LogP contribution in [0.2, 0.25) is 0 Å². The Morgan fingerprint density at radius 1 is 1.43 bits per heavy atom. The van der Waals surface area contributed by atoms with Crippen LogP contribution in [0, 0.1) is 3.57 Å². The molecule has 5 nitrogen and oxygen atoms in total. The number of carboxylic acids is 1. The van der Waals surface area contributed by atoms with E-state index in [-0.39, 0.29) is 11.4 Å². The average molecular weight is 307 g/mol. The van der Waals surface area contributed by atoms with Gasteiger partial charge in [-0.25, -0.2) is 14.6 Å². The Hall–Kier alpha value is -1.18. The van der Waals surface area contributed by atoms with Gasteiger partial charge in [-0.2, -0.15) is 0 Å². The van der Waals surface area contributed by atoms with Gasteiger partial charge in [-0.05, 0) is 34.7 Å². The third-order valence-corrected chi connectivity index (χ3v) is 2.03. The highest BCUT2D eigenvalue weighted by Crippen LogP contribution is 2.09. The Balaban J connectivity index is 3.20. The molecule has 0 saturated heterocycles. The number of carbonyl (C=O) groups excluding carboxylic acids is 1. The summed E-state index contributed by atoms with van der Waals surface area (Å²) in [4.78, 5) is 25.3. The van der Waals surface area contributed by atoms with Crippen LogP contribution >= 0.6 is 22.6 Å². The third-order valence-electron chi connectivity index (χ3n) is 1.40. The van der Waals surface area contributed by atoms with Crippen LogP contribution in [0.15, 0.2) is 12.1 Å². The second kappa shape index (κ2) is 4.36. The normalized spacial score (nSPS) is 9.57. The number of hydrogen-bond acceptors (Lipinski definition) is 4. The number of nitrogens with zero attached hydrogens (tertiary/aromatic N) is 1. The van der Waals surface area contributed by atoms with Crippen LogP contribution in [0.3, 0.4) is 0 Å². The topological polar surface area (TPSA) is 76.5 Å². The first-order chi connectivity index (χ1) is 6.54. The van der Waals surface area contributed by atoms with Crippen molar-refractivity contribution in [1.82, 2.24) is 4.98 Å². The molecule has 0 fully saturated rings. The van der Waals surface area contributed by atoms with E-state index in [1.807, 2.05) is 22.6 Å². The highest BCUT2D eigenvalue weighted by molar-refractivity contribution is 14.1. The van der Waals surface area contributed by atoms with Crippen LogP contribution in [-0.4, -0.2) is 29.1 Å². The van der Waals surface area contributed by atoms with Crippen molar-refractivity contribution >= 4 is 34.5 Å². The van der Waals surface area contributed by atoms with Gasteiger partial charge in [0.25, 0.3) is 0 Å². The van der Waals surface area contributed by atoms with Crippen LogP contribution in [0.1, 0.15) is 21.0 Å². The minimum atomic E-state index is -1.17. The van der Waals surface area contributed by atoms with E-state index < -0.39 is 11.9 Å². The molecule has 0 aliphatic heterocycles. The van der Waals surface area contributed by atoms with Crippen LogP contribution < -0.4 is 0 Å².